The monoisotopic (exact) mass is 272 g/mol. The number of nitrogens with two attached hydrogens (primary N) is 1. The number of anilines is 1. The molecule has 0 aliphatic carbocycles. The number of hydrogen-bond acceptors (Lipinski definition) is 6. The van der Waals surface area contributed by atoms with Crippen molar-refractivity contribution in [1.82, 2.24) is 9.88 Å². The lowest BCUT2D eigenvalue weighted by molar-refractivity contribution is 0.0803. The molecule has 0 saturated heterocycles. The molecule has 0 radical (unpaired) electrons. The molecule has 0 aliphatic heterocycles. The quantitative estimate of drug-likeness (QED) is 0.552. The van der Waals surface area contributed by atoms with Gasteiger partial charge in [-0.2, -0.15) is 0 Å². The lowest BCUT2D eigenvalue weighted by atomic mass is 10.2. The van der Waals surface area contributed by atoms with E-state index >= 15 is 0 Å². The number of amides is 1. The van der Waals surface area contributed by atoms with Gasteiger partial charge in [0.25, 0.3) is 5.91 Å². The molecule has 3 N–H and O–H groups in total. The molecule has 0 fully saturated rings. The number of hydrogen-bond donors (Lipinski definition) is 2. The normalized spacial score (nSPS) is 11.1. The van der Waals surface area contributed by atoms with E-state index in [9.17, 15) is 13.2 Å². The lowest BCUT2D eigenvalue weighted by Gasteiger charge is -2.16. The van der Waals surface area contributed by atoms with Gasteiger partial charge < -0.3 is 10.3 Å². The van der Waals surface area contributed by atoms with Crippen molar-refractivity contribution in [3.8, 4) is 0 Å². The summed E-state index contributed by atoms with van der Waals surface area (Å²) in [5.41, 5.74) is 2.74. The summed E-state index contributed by atoms with van der Waals surface area (Å²) in [5, 5.41) is 0. The van der Waals surface area contributed by atoms with Crippen LogP contribution in [0.2, 0.25) is 0 Å². The maximum atomic E-state index is 12.0. The third kappa shape index (κ3) is 4.30. The zero-order valence-electron chi connectivity index (χ0n) is 10.3. The maximum absolute atomic E-state index is 12.0. The summed E-state index contributed by atoms with van der Waals surface area (Å²) in [7, 11) is -1.54. The minimum atomic E-state index is -3.09. The second kappa shape index (κ2) is 5.78. The average Bonchev–Trinajstić information content (AvgIpc) is 2.34. The summed E-state index contributed by atoms with van der Waals surface area (Å²) >= 11 is 0. The van der Waals surface area contributed by atoms with Gasteiger partial charge in [-0.05, 0) is 12.1 Å². The Balaban J connectivity index is 2.74. The molecule has 1 rings (SSSR count). The van der Waals surface area contributed by atoms with Gasteiger partial charge in [0.1, 0.15) is 15.7 Å². The molecule has 0 spiro atoms. The first kappa shape index (κ1) is 14.4. The second-order valence-electron chi connectivity index (χ2n) is 3.93. The smallest absolute Gasteiger partial charge is 0.253 e. The molecular weight excluding hydrogens is 256 g/mol. The molecule has 100 valence electrons. The van der Waals surface area contributed by atoms with E-state index in [1.165, 1.54) is 17.2 Å². The number of carbonyl (C=O) groups excluding carboxylic acids is 1. The molecule has 0 unspecified atom stereocenters. The van der Waals surface area contributed by atoms with Gasteiger partial charge in [-0.15, -0.1) is 0 Å². The van der Waals surface area contributed by atoms with E-state index in [2.05, 4.69) is 10.4 Å². The van der Waals surface area contributed by atoms with Gasteiger partial charge >= 0.3 is 0 Å². The molecule has 0 saturated carbocycles. The van der Waals surface area contributed by atoms with Crippen molar-refractivity contribution in [2.45, 2.75) is 0 Å². The van der Waals surface area contributed by atoms with Crippen LogP contribution >= 0.6 is 0 Å². The van der Waals surface area contributed by atoms with Gasteiger partial charge in [0.05, 0.1) is 5.75 Å². The van der Waals surface area contributed by atoms with Gasteiger partial charge in [-0.3, -0.25) is 4.79 Å². The van der Waals surface area contributed by atoms with Gasteiger partial charge in [-0.1, -0.05) is 0 Å². The van der Waals surface area contributed by atoms with Gasteiger partial charge in [0.2, 0.25) is 0 Å². The van der Waals surface area contributed by atoms with Crippen LogP contribution < -0.4 is 11.3 Å². The highest BCUT2D eigenvalue weighted by atomic mass is 32.2. The van der Waals surface area contributed by atoms with Crippen LogP contribution in [0.25, 0.3) is 0 Å². The van der Waals surface area contributed by atoms with Crippen LogP contribution in [0.4, 0.5) is 5.82 Å². The zero-order chi connectivity index (χ0) is 13.8. The van der Waals surface area contributed by atoms with Crippen molar-refractivity contribution in [3.63, 3.8) is 0 Å². The SMILES string of the molecule is CN(CCS(C)(=O)=O)C(=O)c1ccnc(NN)c1. The standard InChI is InChI=1S/C10H16N4O3S/c1-14(5-6-18(2,16)17)10(15)8-3-4-12-9(7-8)13-11/h3-4,7H,5-6,11H2,1-2H3,(H,12,13). The van der Waals surface area contributed by atoms with Crippen molar-refractivity contribution in [2.75, 3.05) is 31.0 Å². The fraction of sp³-hybridized carbons (Fsp3) is 0.400. The van der Waals surface area contributed by atoms with Gasteiger partial charge in [0.15, 0.2) is 0 Å². The molecule has 1 aromatic heterocycles. The third-order valence-corrected chi connectivity index (χ3v) is 3.22. The maximum Gasteiger partial charge on any atom is 0.253 e. The molecule has 0 aliphatic rings. The molecule has 1 amide bonds. The van der Waals surface area contributed by atoms with Gasteiger partial charge in [0, 0.05) is 31.6 Å². The Hall–Kier alpha value is -1.67. The molecule has 0 atom stereocenters. The van der Waals surface area contributed by atoms with E-state index in [0.717, 1.165) is 6.26 Å². The molecule has 1 heterocycles. The Labute approximate surface area is 106 Å². The van der Waals surface area contributed by atoms with Crippen molar-refractivity contribution in [3.05, 3.63) is 23.9 Å². The second-order valence-corrected chi connectivity index (χ2v) is 6.19. The third-order valence-electron chi connectivity index (χ3n) is 2.30. The number of pyridine rings is 1. The fourth-order valence-electron chi connectivity index (χ4n) is 1.27. The molecule has 8 heteroatoms. The first-order chi connectivity index (χ1) is 8.33. The number of nitrogen functional groups attached to an aromatic ring is 1. The number of aromatic nitrogens is 1. The van der Waals surface area contributed by atoms with Crippen LogP contribution in [0, 0.1) is 0 Å². The number of hydrazine groups is 1. The number of nitrogens with one attached hydrogen (secondary N) is 1. The Kier molecular flexibility index (Phi) is 4.62. The summed E-state index contributed by atoms with van der Waals surface area (Å²) in [6.07, 6.45) is 2.58. The summed E-state index contributed by atoms with van der Waals surface area (Å²) in [6, 6.07) is 3.04. The predicted molar refractivity (Wildman–Crippen MR) is 68.7 cm³/mol. The van der Waals surface area contributed by atoms with Crippen LogP contribution in [0.1, 0.15) is 10.4 Å². The molecule has 0 aromatic carbocycles. The summed E-state index contributed by atoms with van der Waals surface area (Å²) in [6.45, 7) is 0.144. The summed E-state index contributed by atoms with van der Waals surface area (Å²) < 4.78 is 22.0. The highest BCUT2D eigenvalue weighted by Crippen LogP contribution is 2.08. The Morgan fingerprint density at radius 2 is 2.22 bits per heavy atom. The average molecular weight is 272 g/mol. The number of rotatable bonds is 5. The number of nitrogens with zero attached hydrogens (tertiary/aromatic N) is 2. The fourth-order valence-corrected chi connectivity index (χ4v) is 1.87. The molecule has 18 heavy (non-hydrogen) atoms. The zero-order valence-corrected chi connectivity index (χ0v) is 11.1. The minimum absolute atomic E-state index is 0.0671. The molecule has 0 bridgehead atoms. The van der Waals surface area contributed by atoms with Crippen LogP contribution in [-0.2, 0) is 9.84 Å². The van der Waals surface area contributed by atoms with E-state index < -0.39 is 9.84 Å². The van der Waals surface area contributed by atoms with Crippen molar-refractivity contribution < 1.29 is 13.2 Å². The Morgan fingerprint density at radius 1 is 1.56 bits per heavy atom. The van der Waals surface area contributed by atoms with Crippen LogP contribution in [-0.4, -0.2) is 49.8 Å². The van der Waals surface area contributed by atoms with Crippen LogP contribution in [0.5, 0.6) is 0 Å². The van der Waals surface area contributed by atoms with E-state index in [-0.39, 0.29) is 18.2 Å². The topological polar surface area (TPSA) is 105 Å². The van der Waals surface area contributed by atoms with Crippen molar-refractivity contribution in [2.24, 2.45) is 5.84 Å². The van der Waals surface area contributed by atoms with E-state index in [4.69, 9.17) is 5.84 Å². The summed E-state index contributed by atoms with van der Waals surface area (Å²) in [5.74, 6) is 5.22. The van der Waals surface area contributed by atoms with Gasteiger partial charge in [-0.25, -0.2) is 19.2 Å². The largest absolute Gasteiger partial charge is 0.341 e. The molecular formula is C10H16N4O3S. The minimum Gasteiger partial charge on any atom is -0.341 e. The highest BCUT2D eigenvalue weighted by Gasteiger charge is 2.14. The van der Waals surface area contributed by atoms with E-state index in [1.54, 1.807) is 13.1 Å². The highest BCUT2D eigenvalue weighted by molar-refractivity contribution is 7.90. The summed E-state index contributed by atoms with van der Waals surface area (Å²) in [4.78, 5) is 17.2. The first-order valence-corrected chi connectivity index (χ1v) is 7.25. The Morgan fingerprint density at radius 3 is 2.78 bits per heavy atom. The van der Waals surface area contributed by atoms with Crippen LogP contribution in [0.15, 0.2) is 18.3 Å². The predicted octanol–water partition coefficient (Wildman–Crippen LogP) is -0.516. The number of sulfone groups is 1. The van der Waals surface area contributed by atoms with Crippen LogP contribution in [0.3, 0.4) is 0 Å². The lowest BCUT2D eigenvalue weighted by Crippen LogP contribution is -2.31. The first-order valence-electron chi connectivity index (χ1n) is 5.19. The van der Waals surface area contributed by atoms with Crippen molar-refractivity contribution >= 4 is 21.6 Å². The van der Waals surface area contributed by atoms with Crippen molar-refractivity contribution in [1.29, 1.82) is 0 Å². The molecule has 7 nitrogen and oxygen atoms in total. The van der Waals surface area contributed by atoms with E-state index in [1.807, 2.05) is 0 Å². The Bertz CT molecular complexity index is 530. The number of carbonyl (C=O) groups is 1. The van der Waals surface area contributed by atoms with E-state index in [0.29, 0.717) is 11.4 Å². The molecule has 1 aromatic rings.